The summed E-state index contributed by atoms with van der Waals surface area (Å²) < 4.78 is 11.1. The number of ether oxygens (including phenoxy) is 2. The van der Waals surface area contributed by atoms with Crippen molar-refractivity contribution in [3.8, 4) is 0 Å². The van der Waals surface area contributed by atoms with Crippen LogP contribution in [-0.4, -0.2) is 31.1 Å². The van der Waals surface area contributed by atoms with E-state index >= 15 is 0 Å². The lowest BCUT2D eigenvalue weighted by Gasteiger charge is -2.62. The predicted octanol–water partition coefficient (Wildman–Crippen LogP) is 3.99. The van der Waals surface area contributed by atoms with E-state index in [2.05, 4.69) is 13.8 Å². The maximum absolute atomic E-state index is 11.5. The molecule has 6 nitrogen and oxygen atoms in total. The van der Waals surface area contributed by atoms with E-state index in [0.29, 0.717) is 49.0 Å². The third kappa shape index (κ3) is 3.89. The van der Waals surface area contributed by atoms with Crippen molar-refractivity contribution in [2.75, 3.05) is 0 Å². The molecule has 4 saturated carbocycles. The third-order valence-electron chi connectivity index (χ3n) is 10.3. The zero-order valence-electron chi connectivity index (χ0n) is 19.1. The van der Waals surface area contributed by atoms with Gasteiger partial charge in [0, 0.05) is 12.3 Å². The number of amides is 1. The molecule has 4 rings (SSSR count). The molecule has 0 radical (unpaired) electrons. The van der Waals surface area contributed by atoms with Crippen molar-refractivity contribution in [2.24, 2.45) is 46.2 Å². The van der Waals surface area contributed by atoms with Crippen LogP contribution in [0.4, 0.5) is 0 Å². The molecule has 0 bridgehead atoms. The highest BCUT2D eigenvalue weighted by Crippen LogP contribution is 2.68. The summed E-state index contributed by atoms with van der Waals surface area (Å²) >= 11 is 0. The molecule has 2 N–H and O–H groups in total. The highest BCUT2D eigenvalue weighted by Gasteiger charge is 2.63. The van der Waals surface area contributed by atoms with E-state index in [9.17, 15) is 14.4 Å². The lowest BCUT2D eigenvalue weighted by atomic mass is 9.44. The van der Waals surface area contributed by atoms with E-state index in [-0.39, 0.29) is 28.9 Å². The minimum absolute atomic E-state index is 0.000945. The van der Waals surface area contributed by atoms with Gasteiger partial charge in [-0.05, 0) is 98.7 Å². The highest BCUT2D eigenvalue weighted by molar-refractivity contribution is 5.73. The Morgan fingerprint density at radius 1 is 0.968 bits per heavy atom. The van der Waals surface area contributed by atoms with Crippen molar-refractivity contribution >= 4 is 18.9 Å². The molecule has 0 aliphatic heterocycles. The second kappa shape index (κ2) is 8.74. The Kier molecular flexibility index (Phi) is 6.37. The van der Waals surface area contributed by atoms with Gasteiger partial charge in [0.15, 0.2) is 0 Å². The van der Waals surface area contributed by atoms with Crippen LogP contribution in [0.2, 0.25) is 0 Å². The largest absolute Gasteiger partial charge is 0.465 e. The van der Waals surface area contributed by atoms with Gasteiger partial charge in [-0.15, -0.1) is 0 Å². The minimum Gasteiger partial charge on any atom is -0.465 e. The van der Waals surface area contributed by atoms with Gasteiger partial charge in [0.25, 0.3) is 12.9 Å². The summed E-state index contributed by atoms with van der Waals surface area (Å²) in [6.07, 6.45) is 10.9. The minimum atomic E-state index is -0.205. The van der Waals surface area contributed by atoms with Crippen LogP contribution >= 0.6 is 0 Å². The van der Waals surface area contributed by atoms with Crippen molar-refractivity contribution in [3.63, 3.8) is 0 Å². The smallest absolute Gasteiger partial charge is 0.293 e. The van der Waals surface area contributed by atoms with E-state index in [1.165, 1.54) is 25.7 Å². The van der Waals surface area contributed by atoms with Gasteiger partial charge in [0.2, 0.25) is 5.91 Å². The summed E-state index contributed by atoms with van der Waals surface area (Å²) in [6, 6.07) is 0. The van der Waals surface area contributed by atoms with Crippen LogP contribution in [0.3, 0.4) is 0 Å². The van der Waals surface area contributed by atoms with Crippen LogP contribution in [0, 0.1) is 40.4 Å². The van der Waals surface area contributed by atoms with Crippen molar-refractivity contribution in [2.45, 2.75) is 96.7 Å². The van der Waals surface area contributed by atoms with Crippen LogP contribution in [0.5, 0.6) is 0 Å². The molecule has 4 fully saturated rings. The van der Waals surface area contributed by atoms with Gasteiger partial charge in [0.05, 0.1) is 0 Å². The van der Waals surface area contributed by atoms with Gasteiger partial charge in [-0.25, -0.2) is 0 Å². The number of hydrogen-bond acceptors (Lipinski definition) is 5. The summed E-state index contributed by atoms with van der Waals surface area (Å²) in [5, 5.41) is 0. The normalized spacial score (nSPS) is 46.2. The average molecular weight is 434 g/mol. The number of primary amides is 1. The summed E-state index contributed by atoms with van der Waals surface area (Å²) in [4.78, 5) is 33.6. The summed E-state index contributed by atoms with van der Waals surface area (Å²) in [6.45, 7) is 6.14. The maximum Gasteiger partial charge on any atom is 0.293 e. The van der Waals surface area contributed by atoms with Crippen LogP contribution in [-0.2, 0) is 23.9 Å². The van der Waals surface area contributed by atoms with Crippen molar-refractivity contribution in [1.82, 2.24) is 0 Å². The molecule has 0 aromatic rings. The Morgan fingerprint density at radius 2 is 1.68 bits per heavy atom. The molecule has 31 heavy (non-hydrogen) atoms. The first-order chi connectivity index (χ1) is 14.8. The molecular weight excluding hydrogens is 394 g/mol. The molecule has 0 aromatic carbocycles. The molecule has 4 aliphatic carbocycles. The predicted molar refractivity (Wildman–Crippen MR) is 116 cm³/mol. The van der Waals surface area contributed by atoms with E-state index in [0.717, 1.165) is 38.5 Å². The second-order valence-electron chi connectivity index (χ2n) is 11.3. The number of nitrogens with two attached hydrogens (primary N) is 1. The Bertz CT molecular complexity index is 697. The third-order valence-corrected chi connectivity index (χ3v) is 10.3. The second-order valence-corrected chi connectivity index (χ2v) is 11.3. The highest BCUT2D eigenvalue weighted by atomic mass is 16.5. The first-order valence-corrected chi connectivity index (χ1v) is 12.3. The van der Waals surface area contributed by atoms with E-state index < -0.39 is 0 Å². The molecule has 6 heteroatoms. The fourth-order valence-corrected chi connectivity index (χ4v) is 8.68. The molecule has 0 aromatic heterocycles. The summed E-state index contributed by atoms with van der Waals surface area (Å²) in [5.41, 5.74) is 5.85. The van der Waals surface area contributed by atoms with Gasteiger partial charge in [-0.2, -0.15) is 0 Å². The summed E-state index contributed by atoms with van der Waals surface area (Å²) in [5.74, 6) is 2.37. The fourth-order valence-electron chi connectivity index (χ4n) is 8.68. The first kappa shape index (κ1) is 22.6. The number of rotatable bonds is 8. The van der Waals surface area contributed by atoms with Crippen LogP contribution in [0.1, 0.15) is 84.5 Å². The summed E-state index contributed by atoms with van der Waals surface area (Å²) in [7, 11) is 0. The van der Waals surface area contributed by atoms with Crippen molar-refractivity contribution in [1.29, 1.82) is 0 Å². The molecule has 0 heterocycles. The van der Waals surface area contributed by atoms with E-state index in [1.807, 2.05) is 0 Å². The zero-order valence-corrected chi connectivity index (χ0v) is 19.1. The molecule has 0 saturated heterocycles. The fraction of sp³-hybridized carbons (Fsp3) is 0.880. The van der Waals surface area contributed by atoms with Gasteiger partial charge < -0.3 is 15.2 Å². The lowest BCUT2D eigenvalue weighted by molar-refractivity contribution is -0.189. The molecule has 9 atom stereocenters. The quantitative estimate of drug-likeness (QED) is 0.584. The first-order valence-electron chi connectivity index (χ1n) is 12.3. The molecule has 0 spiro atoms. The Balaban J connectivity index is 1.56. The van der Waals surface area contributed by atoms with Crippen molar-refractivity contribution < 1.29 is 23.9 Å². The molecular formula is C25H39NO5. The Morgan fingerprint density at radius 3 is 2.39 bits per heavy atom. The van der Waals surface area contributed by atoms with Crippen molar-refractivity contribution in [3.05, 3.63) is 0 Å². The molecule has 0 unspecified atom stereocenters. The lowest BCUT2D eigenvalue weighted by Crippen LogP contribution is -2.59. The molecule has 174 valence electrons. The van der Waals surface area contributed by atoms with Gasteiger partial charge in [-0.1, -0.05) is 13.8 Å². The number of carbonyl (C=O) groups is 3. The zero-order chi connectivity index (χ0) is 22.2. The van der Waals surface area contributed by atoms with Gasteiger partial charge in [0.1, 0.15) is 12.2 Å². The number of fused-ring (bicyclic) bond motifs is 5. The monoisotopic (exact) mass is 433 g/mol. The van der Waals surface area contributed by atoms with Crippen LogP contribution in [0.15, 0.2) is 0 Å². The standard InChI is InChI=1S/C25H39NO5/c1-24-11-9-20-23(19(24)7-6-16(24)4-3-5-22(26)29)21(31-15-28)13-17-12-18(30-14-27)8-10-25(17,20)2/h14-21,23H,3-13H2,1-2H3,(H2,26,29)/t16-,17-,18+,19-,20-,21-,23-,24+,25-/m0/s1. The Hall–Kier alpha value is -1.59. The number of carbonyl (C=O) groups excluding carboxylic acids is 3. The van der Waals surface area contributed by atoms with Crippen LogP contribution < -0.4 is 5.73 Å². The van der Waals surface area contributed by atoms with Gasteiger partial charge >= 0.3 is 0 Å². The topological polar surface area (TPSA) is 95.7 Å². The van der Waals surface area contributed by atoms with E-state index in [4.69, 9.17) is 15.2 Å². The SMILES string of the molecule is C[C@]12CC[C@@H](OC=O)C[C@H]1C[C@H](OC=O)[C@@H]1[C@@H]2CC[C@]2(C)[C@@H](CCCC(N)=O)CC[C@@H]12. The maximum atomic E-state index is 11.5. The Labute approximate surface area is 186 Å². The van der Waals surface area contributed by atoms with Crippen LogP contribution in [0.25, 0.3) is 0 Å². The average Bonchev–Trinajstić information content (AvgIpc) is 3.05. The van der Waals surface area contributed by atoms with Gasteiger partial charge in [-0.3, -0.25) is 14.4 Å². The molecule has 1 amide bonds. The number of hydrogen-bond donors (Lipinski definition) is 1. The molecule has 4 aliphatic rings. The van der Waals surface area contributed by atoms with E-state index in [1.54, 1.807) is 0 Å².